The molecule has 20 heavy (non-hydrogen) atoms. The second kappa shape index (κ2) is 6.26. The van der Waals surface area contributed by atoms with E-state index in [1.807, 2.05) is 24.4 Å². The van der Waals surface area contributed by atoms with Crippen LogP contribution in [0, 0.1) is 0 Å². The highest BCUT2D eigenvalue weighted by atomic mass is 79.9. The van der Waals surface area contributed by atoms with Gasteiger partial charge in [0.2, 0.25) is 10.0 Å². The minimum atomic E-state index is -3.65. The van der Waals surface area contributed by atoms with Crippen molar-refractivity contribution in [2.24, 2.45) is 0 Å². The van der Waals surface area contributed by atoms with Crippen molar-refractivity contribution >= 4 is 37.3 Å². The molecule has 0 radical (unpaired) electrons. The summed E-state index contributed by atoms with van der Waals surface area (Å²) in [6, 6.07) is 8.39. The Labute approximate surface area is 131 Å². The maximum Gasteiger partial charge on any atom is 0.244 e. The van der Waals surface area contributed by atoms with Crippen LogP contribution in [0.2, 0.25) is 0 Å². The predicted molar refractivity (Wildman–Crippen MR) is 83.7 cm³/mol. The molecule has 1 heterocycles. The van der Waals surface area contributed by atoms with Crippen LogP contribution in [0.15, 0.2) is 45.1 Å². The van der Waals surface area contributed by atoms with Crippen molar-refractivity contribution in [2.45, 2.75) is 17.9 Å². The van der Waals surface area contributed by atoms with Crippen molar-refractivity contribution < 1.29 is 13.2 Å². The number of benzene rings is 1. The summed E-state index contributed by atoms with van der Waals surface area (Å²) in [6.45, 7) is 1.81. The zero-order chi connectivity index (χ0) is 14.8. The van der Waals surface area contributed by atoms with Crippen molar-refractivity contribution in [1.29, 1.82) is 0 Å². The van der Waals surface area contributed by atoms with Crippen LogP contribution in [0.3, 0.4) is 0 Å². The van der Waals surface area contributed by atoms with E-state index in [0.717, 1.165) is 4.88 Å². The average Bonchev–Trinajstić information content (AvgIpc) is 2.92. The summed E-state index contributed by atoms with van der Waals surface area (Å²) in [7, 11) is -2.20. The van der Waals surface area contributed by atoms with Crippen molar-refractivity contribution in [3.8, 4) is 5.75 Å². The highest BCUT2D eigenvalue weighted by Gasteiger charge is 2.23. The molecule has 0 saturated heterocycles. The molecule has 1 atom stereocenters. The van der Waals surface area contributed by atoms with E-state index in [1.165, 1.54) is 24.5 Å². The molecule has 0 unspecified atom stereocenters. The predicted octanol–water partition coefficient (Wildman–Crippen LogP) is 3.56. The van der Waals surface area contributed by atoms with Crippen LogP contribution in [-0.4, -0.2) is 15.5 Å². The second-order valence-electron chi connectivity index (χ2n) is 4.15. The number of hydrogen-bond donors (Lipinski definition) is 1. The summed E-state index contributed by atoms with van der Waals surface area (Å²) < 4.78 is 33.4. The number of rotatable bonds is 5. The topological polar surface area (TPSA) is 55.4 Å². The largest absolute Gasteiger partial charge is 0.495 e. The van der Waals surface area contributed by atoms with E-state index in [-0.39, 0.29) is 10.9 Å². The zero-order valence-corrected chi connectivity index (χ0v) is 14.2. The highest BCUT2D eigenvalue weighted by Crippen LogP contribution is 2.29. The van der Waals surface area contributed by atoms with E-state index in [4.69, 9.17) is 4.74 Å². The third kappa shape index (κ3) is 3.41. The summed E-state index contributed by atoms with van der Waals surface area (Å²) >= 11 is 4.79. The Morgan fingerprint density at radius 3 is 2.70 bits per heavy atom. The number of hydrogen-bond acceptors (Lipinski definition) is 4. The molecule has 1 N–H and O–H groups in total. The third-order valence-electron chi connectivity index (χ3n) is 2.72. The van der Waals surface area contributed by atoms with Crippen LogP contribution in [0.5, 0.6) is 5.75 Å². The fraction of sp³-hybridized carbons (Fsp3) is 0.231. The van der Waals surface area contributed by atoms with Crippen molar-refractivity contribution in [1.82, 2.24) is 4.72 Å². The minimum absolute atomic E-state index is 0.123. The molecule has 0 aliphatic heterocycles. The van der Waals surface area contributed by atoms with Crippen molar-refractivity contribution in [3.05, 3.63) is 45.1 Å². The zero-order valence-electron chi connectivity index (χ0n) is 11.0. The van der Waals surface area contributed by atoms with Gasteiger partial charge in [0.25, 0.3) is 0 Å². The van der Waals surface area contributed by atoms with Crippen LogP contribution in [-0.2, 0) is 10.0 Å². The van der Waals surface area contributed by atoms with Crippen LogP contribution < -0.4 is 9.46 Å². The number of nitrogens with one attached hydrogen (secondary N) is 1. The van der Waals surface area contributed by atoms with Crippen LogP contribution >= 0.6 is 27.3 Å². The molecular formula is C13H14BrNO3S2. The van der Waals surface area contributed by atoms with Gasteiger partial charge in [0.1, 0.15) is 10.6 Å². The molecule has 0 fully saturated rings. The molecule has 0 saturated carbocycles. The smallest absolute Gasteiger partial charge is 0.244 e. The fourth-order valence-corrected chi connectivity index (χ4v) is 4.49. The summed E-state index contributed by atoms with van der Waals surface area (Å²) in [4.78, 5) is 1.08. The Hall–Kier alpha value is -0.890. The highest BCUT2D eigenvalue weighted by molar-refractivity contribution is 9.10. The molecular weight excluding hydrogens is 362 g/mol. The lowest BCUT2D eigenvalue weighted by Crippen LogP contribution is -2.26. The Bertz CT molecular complexity index is 684. The fourth-order valence-electron chi connectivity index (χ4n) is 1.75. The lowest BCUT2D eigenvalue weighted by molar-refractivity contribution is 0.402. The first-order chi connectivity index (χ1) is 9.44. The summed E-state index contributed by atoms with van der Waals surface area (Å²) in [5, 5.41) is 1.92. The van der Waals surface area contributed by atoms with Gasteiger partial charge in [-0.3, -0.25) is 0 Å². The monoisotopic (exact) mass is 375 g/mol. The van der Waals surface area contributed by atoms with Crippen LogP contribution in [0.4, 0.5) is 0 Å². The Kier molecular flexibility index (Phi) is 4.85. The van der Waals surface area contributed by atoms with E-state index in [1.54, 1.807) is 12.1 Å². The normalized spacial score (nSPS) is 13.2. The van der Waals surface area contributed by atoms with Crippen LogP contribution in [0.25, 0.3) is 0 Å². The molecule has 0 amide bonds. The van der Waals surface area contributed by atoms with E-state index in [9.17, 15) is 8.42 Å². The lowest BCUT2D eigenvalue weighted by atomic mass is 10.3. The quantitative estimate of drug-likeness (QED) is 0.868. The van der Waals surface area contributed by atoms with Gasteiger partial charge >= 0.3 is 0 Å². The molecule has 4 nitrogen and oxygen atoms in total. The number of ether oxygens (including phenoxy) is 1. The van der Waals surface area contributed by atoms with Gasteiger partial charge in [-0.1, -0.05) is 22.0 Å². The summed E-state index contributed by atoms with van der Waals surface area (Å²) in [5.74, 6) is 0.319. The van der Waals surface area contributed by atoms with Gasteiger partial charge in [-0.05, 0) is 36.6 Å². The maximum absolute atomic E-state index is 12.5. The molecule has 0 aliphatic carbocycles. The second-order valence-corrected chi connectivity index (χ2v) is 7.73. The third-order valence-corrected chi connectivity index (χ3v) is 5.83. The van der Waals surface area contributed by atoms with E-state index in [2.05, 4.69) is 20.7 Å². The van der Waals surface area contributed by atoms with E-state index < -0.39 is 10.0 Å². The molecule has 0 bridgehead atoms. The summed E-state index contributed by atoms with van der Waals surface area (Å²) in [5.41, 5.74) is 0. The average molecular weight is 376 g/mol. The molecule has 2 aromatic rings. The number of halogens is 1. The van der Waals surface area contributed by atoms with Gasteiger partial charge in [-0.2, -0.15) is 0 Å². The first-order valence-corrected chi connectivity index (χ1v) is 8.99. The van der Waals surface area contributed by atoms with Crippen molar-refractivity contribution in [3.63, 3.8) is 0 Å². The molecule has 0 spiro atoms. The molecule has 1 aromatic carbocycles. The van der Waals surface area contributed by atoms with Gasteiger partial charge < -0.3 is 4.74 Å². The van der Waals surface area contributed by atoms with Gasteiger partial charge in [-0.25, -0.2) is 13.1 Å². The van der Waals surface area contributed by atoms with Gasteiger partial charge in [0.15, 0.2) is 0 Å². The van der Waals surface area contributed by atoms with Crippen LogP contribution in [0.1, 0.15) is 17.8 Å². The van der Waals surface area contributed by atoms with Gasteiger partial charge in [0.05, 0.1) is 13.2 Å². The molecule has 2 rings (SSSR count). The standard InChI is InChI=1S/C13H14BrNO3S2/c1-9(12-4-3-7-19-12)15-20(16,17)13-8-10(14)5-6-11(13)18-2/h3-9,15H,1-2H3/t9-/m0/s1. The number of thiophene rings is 1. The first kappa shape index (κ1) is 15.5. The van der Waals surface area contributed by atoms with E-state index in [0.29, 0.717) is 10.2 Å². The number of methoxy groups -OCH3 is 1. The Morgan fingerprint density at radius 1 is 1.35 bits per heavy atom. The molecule has 108 valence electrons. The van der Waals surface area contributed by atoms with Crippen molar-refractivity contribution in [2.75, 3.05) is 7.11 Å². The van der Waals surface area contributed by atoms with Gasteiger partial charge in [-0.15, -0.1) is 11.3 Å². The Balaban J connectivity index is 2.33. The summed E-state index contributed by atoms with van der Waals surface area (Å²) in [6.07, 6.45) is 0. The number of sulfonamides is 1. The van der Waals surface area contributed by atoms with E-state index >= 15 is 0 Å². The Morgan fingerprint density at radius 2 is 2.10 bits per heavy atom. The molecule has 0 aliphatic rings. The van der Waals surface area contributed by atoms with Gasteiger partial charge in [0, 0.05) is 9.35 Å². The first-order valence-electron chi connectivity index (χ1n) is 5.83. The molecule has 7 heteroatoms. The maximum atomic E-state index is 12.5. The SMILES string of the molecule is COc1ccc(Br)cc1S(=O)(=O)N[C@@H](C)c1cccs1. The lowest BCUT2D eigenvalue weighted by Gasteiger charge is -2.15. The minimum Gasteiger partial charge on any atom is -0.495 e. The molecule has 1 aromatic heterocycles.